The zero-order chi connectivity index (χ0) is 27.2. The molecule has 198 valence electrons. The molecule has 8 nitrogen and oxygen atoms in total. The lowest BCUT2D eigenvalue weighted by atomic mass is 9.92. The number of methoxy groups -OCH3 is 1. The predicted molar refractivity (Wildman–Crippen MR) is 149 cm³/mol. The molecule has 2 N–H and O–H groups in total. The van der Waals surface area contributed by atoms with Gasteiger partial charge in [-0.25, -0.2) is 9.48 Å². The molecule has 10 heteroatoms. The fourth-order valence-corrected chi connectivity index (χ4v) is 4.10. The summed E-state index contributed by atoms with van der Waals surface area (Å²) in [6, 6.07) is 14.2. The van der Waals surface area contributed by atoms with Crippen LogP contribution in [0.5, 0.6) is 0 Å². The summed E-state index contributed by atoms with van der Waals surface area (Å²) in [6.45, 7) is 8.71. The van der Waals surface area contributed by atoms with Crippen molar-refractivity contribution in [3.05, 3.63) is 69.8 Å². The molecule has 3 rings (SSSR count). The normalized spacial score (nSPS) is 11.3. The van der Waals surface area contributed by atoms with Crippen molar-refractivity contribution in [3.8, 4) is 5.69 Å². The van der Waals surface area contributed by atoms with E-state index < -0.39 is 6.03 Å². The molecule has 0 aliphatic rings. The molecule has 1 heterocycles. The number of hydrogen-bond acceptors (Lipinski definition) is 4. The van der Waals surface area contributed by atoms with E-state index in [1.54, 1.807) is 30.0 Å². The Morgan fingerprint density at radius 1 is 1.05 bits per heavy atom. The van der Waals surface area contributed by atoms with Crippen molar-refractivity contribution in [1.82, 2.24) is 14.7 Å². The second-order valence-electron chi connectivity index (χ2n) is 9.76. The van der Waals surface area contributed by atoms with E-state index in [0.717, 1.165) is 16.9 Å². The van der Waals surface area contributed by atoms with Gasteiger partial charge in [-0.3, -0.25) is 4.79 Å². The third kappa shape index (κ3) is 7.71. The Bertz CT molecular complexity index is 1230. The highest BCUT2D eigenvalue weighted by Crippen LogP contribution is 2.30. The molecular weight excluding hydrogens is 513 g/mol. The average Bonchev–Trinajstić information content (AvgIpc) is 3.25. The molecule has 0 saturated heterocycles. The summed E-state index contributed by atoms with van der Waals surface area (Å²) in [7, 11) is 1.58. The predicted octanol–water partition coefficient (Wildman–Crippen LogP) is 6.29. The molecule has 0 bridgehead atoms. The monoisotopic (exact) mass is 545 g/mol. The van der Waals surface area contributed by atoms with Crippen LogP contribution in [0.3, 0.4) is 0 Å². The van der Waals surface area contributed by atoms with E-state index in [0.29, 0.717) is 41.1 Å². The fourth-order valence-electron chi connectivity index (χ4n) is 3.60. The molecule has 0 fully saturated rings. The van der Waals surface area contributed by atoms with Gasteiger partial charge in [-0.05, 0) is 43.2 Å². The van der Waals surface area contributed by atoms with Crippen LogP contribution in [0.25, 0.3) is 5.69 Å². The van der Waals surface area contributed by atoms with Gasteiger partial charge in [0.2, 0.25) is 5.91 Å². The van der Waals surface area contributed by atoms with Crippen molar-refractivity contribution >= 4 is 46.6 Å². The Morgan fingerprint density at radius 2 is 1.73 bits per heavy atom. The van der Waals surface area contributed by atoms with E-state index >= 15 is 0 Å². The number of anilines is 2. The second-order valence-corrected chi connectivity index (χ2v) is 10.6. The van der Waals surface area contributed by atoms with Crippen LogP contribution in [0.1, 0.15) is 38.4 Å². The molecule has 0 spiro atoms. The number of aryl methyl sites for hydroxylation is 1. The SMILES string of the molecule is COCCCN(CC(=O)Nc1cc(C(C)(C)C)nn1-c1cccc(C)c1)C(=O)Nc1c(Cl)cccc1Cl. The minimum absolute atomic E-state index is 0.193. The number of benzene rings is 2. The number of urea groups is 1. The van der Waals surface area contributed by atoms with Crippen molar-refractivity contribution in [2.45, 2.75) is 39.5 Å². The Labute approximate surface area is 227 Å². The summed E-state index contributed by atoms with van der Waals surface area (Å²) in [5, 5.41) is 11.0. The van der Waals surface area contributed by atoms with Gasteiger partial charge in [0.1, 0.15) is 12.4 Å². The molecular formula is C27H33Cl2N5O3. The van der Waals surface area contributed by atoms with Crippen molar-refractivity contribution in [3.63, 3.8) is 0 Å². The summed E-state index contributed by atoms with van der Waals surface area (Å²) in [5.74, 6) is 0.152. The van der Waals surface area contributed by atoms with Crippen molar-refractivity contribution in [1.29, 1.82) is 0 Å². The number of carbonyl (C=O) groups excluding carboxylic acids is 2. The Balaban J connectivity index is 1.83. The first kappa shape index (κ1) is 28.5. The lowest BCUT2D eigenvalue weighted by Crippen LogP contribution is -2.41. The topological polar surface area (TPSA) is 88.5 Å². The van der Waals surface area contributed by atoms with E-state index in [2.05, 4.69) is 31.4 Å². The van der Waals surface area contributed by atoms with E-state index in [1.807, 2.05) is 37.3 Å². The number of carbonyl (C=O) groups is 2. The number of para-hydroxylation sites is 1. The summed E-state index contributed by atoms with van der Waals surface area (Å²) in [5.41, 5.74) is 2.79. The summed E-state index contributed by atoms with van der Waals surface area (Å²) < 4.78 is 6.84. The van der Waals surface area contributed by atoms with Crippen LogP contribution in [0.4, 0.5) is 16.3 Å². The number of nitrogens with one attached hydrogen (secondary N) is 2. The minimum atomic E-state index is -0.496. The number of nitrogens with zero attached hydrogens (tertiary/aromatic N) is 3. The van der Waals surface area contributed by atoms with E-state index in [4.69, 9.17) is 33.0 Å². The van der Waals surface area contributed by atoms with Crippen molar-refractivity contribution in [2.75, 3.05) is 37.4 Å². The Hall–Kier alpha value is -3.07. The van der Waals surface area contributed by atoms with E-state index in [9.17, 15) is 9.59 Å². The van der Waals surface area contributed by atoms with Crippen LogP contribution in [-0.2, 0) is 14.9 Å². The van der Waals surface area contributed by atoms with Gasteiger partial charge in [0, 0.05) is 31.7 Å². The summed E-state index contributed by atoms with van der Waals surface area (Å²) in [4.78, 5) is 27.7. The number of ether oxygens (including phenoxy) is 1. The molecule has 0 aliphatic heterocycles. The third-order valence-electron chi connectivity index (χ3n) is 5.58. The Kier molecular flexibility index (Phi) is 9.59. The van der Waals surface area contributed by atoms with Crippen LogP contribution in [0.15, 0.2) is 48.5 Å². The molecule has 3 amide bonds. The van der Waals surface area contributed by atoms with Gasteiger partial charge in [-0.1, -0.05) is 62.2 Å². The van der Waals surface area contributed by atoms with Crippen molar-refractivity contribution < 1.29 is 14.3 Å². The maximum absolute atomic E-state index is 13.2. The number of aromatic nitrogens is 2. The summed E-state index contributed by atoms with van der Waals surface area (Å²) in [6.07, 6.45) is 0.544. The van der Waals surface area contributed by atoms with Crippen LogP contribution in [0, 0.1) is 6.92 Å². The largest absolute Gasteiger partial charge is 0.385 e. The average molecular weight is 546 g/mol. The van der Waals surface area contributed by atoms with Gasteiger partial charge in [0.25, 0.3) is 0 Å². The quantitative estimate of drug-likeness (QED) is 0.309. The first-order valence-corrected chi connectivity index (χ1v) is 12.7. The third-order valence-corrected chi connectivity index (χ3v) is 6.21. The van der Waals surface area contributed by atoms with Crippen LogP contribution in [-0.4, -0.2) is 53.4 Å². The highest BCUT2D eigenvalue weighted by molar-refractivity contribution is 6.39. The van der Waals surface area contributed by atoms with Gasteiger partial charge < -0.3 is 20.3 Å². The highest BCUT2D eigenvalue weighted by atomic mass is 35.5. The van der Waals surface area contributed by atoms with Gasteiger partial charge >= 0.3 is 6.03 Å². The molecule has 3 aromatic rings. The Morgan fingerprint density at radius 3 is 2.35 bits per heavy atom. The van der Waals surface area contributed by atoms with E-state index in [1.165, 1.54) is 4.90 Å². The number of halogens is 2. The lowest BCUT2D eigenvalue weighted by molar-refractivity contribution is -0.116. The van der Waals surface area contributed by atoms with Gasteiger partial charge in [-0.15, -0.1) is 0 Å². The maximum atomic E-state index is 13.2. The number of amides is 3. The molecule has 0 radical (unpaired) electrons. The number of hydrogen-bond donors (Lipinski definition) is 2. The molecule has 0 unspecified atom stereocenters. The first-order chi connectivity index (χ1) is 17.5. The first-order valence-electron chi connectivity index (χ1n) is 12.0. The maximum Gasteiger partial charge on any atom is 0.322 e. The summed E-state index contributed by atoms with van der Waals surface area (Å²) >= 11 is 12.4. The van der Waals surface area contributed by atoms with Gasteiger partial charge in [0.05, 0.1) is 27.1 Å². The number of rotatable bonds is 9. The smallest absolute Gasteiger partial charge is 0.322 e. The standard InChI is InChI=1S/C27H33Cl2N5O3/c1-18-9-6-10-19(15-18)34-23(16-22(32-34)27(2,3)4)30-24(35)17-33(13-8-14-37-5)26(36)31-25-20(28)11-7-12-21(25)29/h6-7,9-12,15-16H,8,13-14,17H2,1-5H3,(H,30,35)(H,31,36). The van der Waals surface area contributed by atoms with Crippen LogP contribution < -0.4 is 10.6 Å². The lowest BCUT2D eigenvalue weighted by Gasteiger charge is -2.23. The zero-order valence-electron chi connectivity index (χ0n) is 21.8. The molecule has 0 saturated carbocycles. The molecule has 0 aliphatic carbocycles. The van der Waals surface area contributed by atoms with Crippen LogP contribution in [0.2, 0.25) is 10.0 Å². The van der Waals surface area contributed by atoms with E-state index in [-0.39, 0.29) is 17.9 Å². The molecule has 1 aromatic heterocycles. The minimum Gasteiger partial charge on any atom is -0.385 e. The second kappa shape index (κ2) is 12.4. The molecule has 37 heavy (non-hydrogen) atoms. The molecule has 2 aromatic carbocycles. The fraction of sp³-hybridized carbons (Fsp3) is 0.370. The van der Waals surface area contributed by atoms with Crippen LogP contribution >= 0.6 is 23.2 Å². The van der Waals surface area contributed by atoms with Gasteiger partial charge in [0.15, 0.2) is 0 Å². The highest BCUT2D eigenvalue weighted by Gasteiger charge is 2.24. The zero-order valence-corrected chi connectivity index (χ0v) is 23.3. The van der Waals surface area contributed by atoms with Gasteiger partial charge in [-0.2, -0.15) is 5.10 Å². The van der Waals surface area contributed by atoms with Crippen molar-refractivity contribution in [2.24, 2.45) is 0 Å². The molecule has 0 atom stereocenters.